The summed E-state index contributed by atoms with van der Waals surface area (Å²) in [5.41, 5.74) is 7.06. The molecule has 0 saturated carbocycles. The average Bonchev–Trinajstić information content (AvgIpc) is 2.63. The summed E-state index contributed by atoms with van der Waals surface area (Å²) in [5.74, 6) is 0.206. The van der Waals surface area contributed by atoms with Gasteiger partial charge in [0, 0.05) is 18.7 Å². The molecule has 1 aromatic heterocycles. The van der Waals surface area contributed by atoms with Gasteiger partial charge in [-0.2, -0.15) is 0 Å². The van der Waals surface area contributed by atoms with Gasteiger partial charge in [-0.15, -0.1) is 0 Å². The number of amides is 1. The Kier molecular flexibility index (Phi) is 6.48. The molecule has 0 radical (unpaired) electrons. The van der Waals surface area contributed by atoms with Crippen LogP contribution >= 0.6 is 0 Å². The first-order valence-corrected chi connectivity index (χ1v) is 8.42. The van der Waals surface area contributed by atoms with Crippen LogP contribution in [-0.2, 0) is 17.9 Å². The Labute approximate surface area is 152 Å². The zero-order valence-electron chi connectivity index (χ0n) is 15.0. The Morgan fingerprint density at radius 1 is 1.31 bits per heavy atom. The summed E-state index contributed by atoms with van der Waals surface area (Å²) in [6, 6.07) is 7.05. The third-order valence-corrected chi connectivity index (χ3v) is 3.87. The molecule has 5 N–H and O–H groups in total. The summed E-state index contributed by atoms with van der Waals surface area (Å²) in [4.78, 5) is 28.9. The second-order valence-corrected chi connectivity index (χ2v) is 5.92. The molecule has 0 aliphatic carbocycles. The van der Waals surface area contributed by atoms with Crippen molar-refractivity contribution in [2.24, 2.45) is 5.73 Å². The zero-order chi connectivity index (χ0) is 19.1. The molecule has 0 unspecified atom stereocenters. The number of nitrogens with one attached hydrogen (secondary N) is 3. The van der Waals surface area contributed by atoms with Crippen LogP contribution in [0.15, 0.2) is 35.3 Å². The third-order valence-electron chi connectivity index (χ3n) is 3.87. The van der Waals surface area contributed by atoms with E-state index in [1.807, 2.05) is 6.92 Å². The summed E-state index contributed by atoms with van der Waals surface area (Å²) in [6.45, 7) is 4.60. The summed E-state index contributed by atoms with van der Waals surface area (Å²) in [6.07, 6.45) is 2.38. The van der Waals surface area contributed by atoms with Gasteiger partial charge < -0.3 is 16.4 Å². The van der Waals surface area contributed by atoms with Crippen LogP contribution in [0.25, 0.3) is 0 Å². The fourth-order valence-electron chi connectivity index (χ4n) is 2.34. The predicted molar refractivity (Wildman–Crippen MR) is 101 cm³/mol. The minimum Gasteiger partial charge on any atom is -0.384 e. The highest BCUT2D eigenvalue weighted by molar-refractivity contribution is 5.94. The Hall–Kier alpha value is -3.16. The number of aromatic nitrogens is 2. The highest BCUT2D eigenvalue weighted by Crippen LogP contribution is 2.04. The molecular formula is C18H24N6O2. The van der Waals surface area contributed by atoms with Crippen LogP contribution in [-0.4, -0.2) is 27.8 Å². The number of carbonyl (C=O) groups excluding carboxylic acids is 1. The summed E-state index contributed by atoms with van der Waals surface area (Å²) >= 11 is 0. The number of nitrogens with zero attached hydrogens (tertiary/aromatic N) is 2. The van der Waals surface area contributed by atoms with Crippen molar-refractivity contribution in [3.8, 4) is 0 Å². The number of carbonyl (C=O) groups is 1. The van der Waals surface area contributed by atoms with Crippen molar-refractivity contribution < 1.29 is 4.79 Å². The second-order valence-electron chi connectivity index (χ2n) is 5.92. The minimum atomic E-state index is -0.278. The average molecular weight is 356 g/mol. The Morgan fingerprint density at radius 3 is 2.62 bits per heavy atom. The quantitative estimate of drug-likeness (QED) is 0.414. The van der Waals surface area contributed by atoms with E-state index in [4.69, 9.17) is 11.1 Å². The molecular weight excluding hydrogens is 332 g/mol. The first kappa shape index (κ1) is 19.2. The van der Waals surface area contributed by atoms with Gasteiger partial charge in [0.05, 0.1) is 6.20 Å². The van der Waals surface area contributed by atoms with Crippen LogP contribution in [0.5, 0.6) is 0 Å². The van der Waals surface area contributed by atoms with Crippen molar-refractivity contribution in [1.29, 1.82) is 5.41 Å². The molecule has 2 rings (SSSR count). The molecule has 8 heteroatoms. The molecule has 26 heavy (non-hydrogen) atoms. The lowest BCUT2D eigenvalue weighted by Crippen LogP contribution is -2.34. The van der Waals surface area contributed by atoms with Crippen molar-refractivity contribution >= 4 is 17.4 Å². The fraction of sp³-hybridized carbons (Fsp3) is 0.333. The number of hydrogen-bond donors (Lipinski definition) is 4. The van der Waals surface area contributed by atoms with E-state index in [1.165, 1.54) is 10.8 Å². The standard InChI is InChI=1S/C18H24N6O2/c1-3-8-21-15-10-22-12(2)24(18(15)26)11-16(25)23-9-13-4-6-14(7-5-13)17(19)20/h4-7,10,21H,3,8-9,11H2,1-2H3,(H3,19,20)(H,23,25). The van der Waals surface area contributed by atoms with Crippen molar-refractivity contribution in [2.45, 2.75) is 33.4 Å². The third kappa shape index (κ3) is 4.92. The molecule has 1 amide bonds. The van der Waals surface area contributed by atoms with Gasteiger partial charge in [0.2, 0.25) is 5.91 Å². The van der Waals surface area contributed by atoms with Gasteiger partial charge in [-0.05, 0) is 18.9 Å². The van der Waals surface area contributed by atoms with Gasteiger partial charge in [0.15, 0.2) is 0 Å². The molecule has 0 aliphatic rings. The molecule has 138 valence electrons. The Balaban J connectivity index is 2.01. The first-order chi connectivity index (χ1) is 12.4. The molecule has 0 bridgehead atoms. The van der Waals surface area contributed by atoms with Crippen LogP contribution < -0.4 is 21.9 Å². The highest BCUT2D eigenvalue weighted by atomic mass is 16.2. The number of nitrogen functional groups attached to an aromatic ring is 1. The van der Waals surface area contributed by atoms with E-state index in [0.29, 0.717) is 30.2 Å². The fourth-order valence-corrected chi connectivity index (χ4v) is 2.34. The normalized spacial score (nSPS) is 10.4. The van der Waals surface area contributed by atoms with Crippen LogP contribution in [0.2, 0.25) is 0 Å². The molecule has 0 aliphatic heterocycles. The van der Waals surface area contributed by atoms with E-state index in [1.54, 1.807) is 31.2 Å². The van der Waals surface area contributed by atoms with Crippen LogP contribution in [0.1, 0.15) is 30.3 Å². The second kappa shape index (κ2) is 8.80. The molecule has 8 nitrogen and oxygen atoms in total. The highest BCUT2D eigenvalue weighted by Gasteiger charge is 2.11. The molecule has 1 heterocycles. The number of rotatable bonds is 8. The number of anilines is 1. The van der Waals surface area contributed by atoms with Crippen molar-refractivity contribution in [3.05, 3.63) is 57.8 Å². The number of hydrogen-bond acceptors (Lipinski definition) is 5. The van der Waals surface area contributed by atoms with E-state index in [2.05, 4.69) is 15.6 Å². The molecule has 2 aromatic rings. The maximum Gasteiger partial charge on any atom is 0.277 e. The smallest absolute Gasteiger partial charge is 0.277 e. The SMILES string of the molecule is CCCNc1cnc(C)n(CC(=O)NCc2ccc(C(=N)N)cc2)c1=O. The van der Waals surface area contributed by atoms with Crippen molar-refractivity contribution in [3.63, 3.8) is 0 Å². The Bertz CT molecular complexity index is 842. The van der Waals surface area contributed by atoms with Gasteiger partial charge in [0.25, 0.3) is 5.56 Å². The van der Waals surface area contributed by atoms with Gasteiger partial charge >= 0.3 is 0 Å². The lowest BCUT2D eigenvalue weighted by molar-refractivity contribution is -0.121. The largest absolute Gasteiger partial charge is 0.384 e. The first-order valence-electron chi connectivity index (χ1n) is 8.42. The van der Waals surface area contributed by atoms with E-state index in [9.17, 15) is 9.59 Å². The lowest BCUT2D eigenvalue weighted by atomic mass is 10.1. The summed E-state index contributed by atoms with van der Waals surface area (Å²) in [5, 5.41) is 13.2. The molecule has 0 atom stereocenters. The molecule has 0 spiro atoms. The maximum atomic E-state index is 12.5. The number of amidine groups is 1. The van der Waals surface area contributed by atoms with E-state index in [0.717, 1.165) is 12.0 Å². The van der Waals surface area contributed by atoms with Crippen LogP contribution in [0.4, 0.5) is 5.69 Å². The van der Waals surface area contributed by atoms with Gasteiger partial charge in [-0.3, -0.25) is 19.6 Å². The zero-order valence-corrected chi connectivity index (χ0v) is 15.0. The summed E-state index contributed by atoms with van der Waals surface area (Å²) < 4.78 is 1.35. The van der Waals surface area contributed by atoms with Crippen molar-refractivity contribution in [2.75, 3.05) is 11.9 Å². The van der Waals surface area contributed by atoms with E-state index in [-0.39, 0.29) is 23.8 Å². The lowest BCUT2D eigenvalue weighted by Gasteiger charge is -2.12. The number of benzene rings is 1. The predicted octanol–water partition coefficient (Wildman–Crippen LogP) is 0.974. The Morgan fingerprint density at radius 2 is 2.00 bits per heavy atom. The van der Waals surface area contributed by atoms with Gasteiger partial charge in [0.1, 0.15) is 23.9 Å². The van der Waals surface area contributed by atoms with Gasteiger partial charge in [-0.25, -0.2) is 4.98 Å². The minimum absolute atomic E-state index is 0.000463. The maximum absolute atomic E-state index is 12.5. The summed E-state index contributed by atoms with van der Waals surface area (Å²) in [7, 11) is 0. The molecule has 0 fully saturated rings. The monoisotopic (exact) mass is 356 g/mol. The van der Waals surface area contributed by atoms with Gasteiger partial charge in [-0.1, -0.05) is 31.2 Å². The van der Waals surface area contributed by atoms with E-state index >= 15 is 0 Å². The van der Waals surface area contributed by atoms with Crippen LogP contribution in [0.3, 0.4) is 0 Å². The van der Waals surface area contributed by atoms with Crippen molar-refractivity contribution in [1.82, 2.24) is 14.9 Å². The molecule has 0 saturated heterocycles. The number of aryl methyl sites for hydroxylation is 1. The van der Waals surface area contributed by atoms with Crippen LogP contribution in [0, 0.1) is 12.3 Å². The molecule has 1 aromatic carbocycles. The topological polar surface area (TPSA) is 126 Å². The van der Waals surface area contributed by atoms with E-state index < -0.39 is 0 Å². The number of nitrogens with two attached hydrogens (primary N) is 1.